The molecule has 4 heterocycles. The van der Waals surface area contributed by atoms with Gasteiger partial charge in [0.15, 0.2) is 0 Å². The van der Waals surface area contributed by atoms with Gasteiger partial charge in [-0.2, -0.15) is 9.97 Å². The Morgan fingerprint density at radius 3 is 2.72 bits per heavy atom. The smallest absolute Gasteiger partial charge is 0.223 e. The molecule has 0 radical (unpaired) electrons. The molecular formula is C27H38N8O. The predicted molar refractivity (Wildman–Crippen MR) is 146 cm³/mol. The number of piperazine rings is 1. The number of likely N-dealkylation sites (N-methyl/N-ethyl adjacent to an activating group) is 1. The van der Waals surface area contributed by atoms with Crippen LogP contribution in [0.15, 0.2) is 30.5 Å². The van der Waals surface area contributed by atoms with E-state index < -0.39 is 0 Å². The van der Waals surface area contributed by atoms with Crippen molar-refractivity contribution in [1.82, 2.24) is 20.2 Å². The van der Waals surface area contributed by atoms with E-state index in [4.69, 9.17) is 15.9 Å². The average Bonchev–Trinajstić information content (AvgIpc) is 3.40. The van der Waals surface area contributed by atoms with E-state index in [-0.39, 0.29) is 6.10 Å². The second-order valence-corrected chi connectivity index (χ2v) is 10.2. The summed E-state index contributed by atoms with van der Waals surface area (Å²) in [5.41, 5.74) is 10.7. The Morgan fingerprint density at radius 1 is 1.17 bits per heavy atom. The standard InChI is InChI=1S/C27H38N8O/c1-19-12-20-5-6-21(23(15-28)16-30-17-24-4-3-11-36-24)13-22(20)18-35(19)26-14-25(31-27(29)32-26)34-9-7-33(2)8-10-34/h5-6,13-16,19,24,28,30H,3-4,7-12,17-18H2,1-2H3,(H2,29,31,32)/b23-16+,28-15?. The van der Waals surface area contributed by atoms with Crippen molar-refractivity contribution in [2.45, 2.75) is 44.9 Å². The molecule has 0 aliphatic carbocycles. The van der Waals surface area contributed by atoms with Crippen molar-refractivity contribution in [3.63, 3.8) is 0 Å². The summed E-state index contributed by atoms with van der Waals surface area (Å²) >= 11 is 0. The highest BCUT2D eigenvalue weighted by Crippen LogP contribution is 2.31. The fraction of sp³-hybridized carbons (Fsp3) is 0.519. The highest BCUT2D eigenvalue weighted by atomic mass is 16.5. The highest BCUT2D eigenvalue weighted by Gasteiger charge is 2.26. The number of anilines is 3. The van der Waals surface area contributed by atoms with Gasteiger partial charge in [-0.05, 0) is 56.0 Å². The van der Waals surface area contributed by atoms with Crippen molar-refractivity contribution >= 4 is 29.4 Å². The molecule has 2 unspecified atom stereocenters. The monoisotopic (exact) mass is 490 g/mol. The van der Waals surface area contributed by atoms with Gasteiger partial charge in [0, 0.05) is 76.0 Å². The molecule has 0 spiro atoms. The minimum Gasteiger partial charge on any atom is -0.388 e. The number of ether oxygens (including phenoxy) is 1. The van der Waals surface area contributed by atoms with Gasteiger partial charge in [0.25, 0.3) is 0 Å². The summed E-state index contributed by atoms with van der Waals surface area (Å²) in [7, 11) is 2.15. The highest BCUT2D eigenvalue weighted by molar-refractivity contribution is 6.08. The zero-order chi connectivity index (χ0) is 25.1. The molecule has 36 heavy (non-hydrogen) atoms. The van der Waals surface area contributed by atoms with Crippen LogP contribution in [0, 0.1) is 5.41 Å². The van der Waals surface area contributed by atoms with Gasteiger partial charge in [0.05, 0.1) is 6.10 Å². The second kappa shape index (κ2) is 10.8. The third-order valence-electron chi connectivity index (χ3n) is 7.55. The minimum absolute atomic E-state index is 0.267. The Labute approximate surface area is 213 Å². The number of allylic oxidation sites excluding steroid dienone is 1. The van der Waals surface area contributed by atoms with Gasteiger partial charge in [-0.3, -0.25) is 0 Å². The molecular weight excluding hydrogens is 452 g/mol. The Balaban J connectivity index is 1.34. The van der Waals surface area contributed by atoms with E-state index in [1.165, 1.54) is 17.3 Å². The number of aromatic nitrogens is 2. The summed E-state index contributed by atoms with van der Waals surface area (Å²) in [6.45, 7) is 8.52. The summed E-state index contributed by atoms with van der Waals surface area (Å²) in [5.74, 6) is 2.10. The van der Waals surface area contributed by atoms with Gasteiger partial charge in [0.1, 0.15) is 11.6 Å². The van der Waals surface area contributed by atoms with Crippen LogP contribution in [-0.2, 0) is 17.7 Å². The summed E-state index contributed by atoms with van der Waals surface area (Å²) in [4.78, 5) is 16.1. The number of nitrogens with two attached hydrogens (primary N) is 1. The topological polar surface area (TPSA) is 107 Å². The van der Waals surface area contributed by atoms with Crippen molar-refractivity contribution in [2.75, 3.05) is 61.9 Å². The van der Waals surface area contributed by atoms with E-state index in [9.17, 15) is 0 Å². The summed E-state index contributed by atoms with van der Waals surface area (Å²) < 4.78 is 5.69. The van der Waals surface area contributed by atoms with E-state index in [1.54, 1.807) is 0 Å². The van der Waals surface area contributed by atoms with E-state index in [0.717, 1.165) is 87.9 Å². The third kappa shape index (κ3) is 5.47. The quantitative estimate of drug-likeness (QED) is 0.509. The molecule has 2 saturated heterocycles. The number of nitrogens with one attached hydrogen (secondary N) is 2. The molecule has 9 heteroatoms. The van der Waals surface area contributed by atoms with Crippen LogP contribution in [0.3, 0.4) is 0 Å². The maximum absolute atomic E-state index is 7.98. The molecule has 1 aromatic carbocycles. The molecule has 3 aliphatic heterocycles. The number of fused-ring (bicyclic) bond motifs is 1. The summed E-state index contributed by atoms with van der Waals surface area (Å²) in [5, 5.41) is 11.3. The van der Waals surface area contributed by atoms with Crippen LogP contribution in [0.4, 0.5) is 17.6 Å². The van der Waals surface area contributed by atoms with Gasteiger partial charge < -0.3 is 35.9 Å². The molecule has 4 N–H and O–H groups in total. The molecule has 2 atom stereocenters. The van der Waals surface area contributed by atoms with Crippen molar-refractivity contribution in [3.05, 3.63) is 47.2 Å². The molecule has 3 aliphatic rings. The van der Waals surface area contributed by atoms with Crippen LogP contribution in [0.1, 0.15) is 36.5 Å². The van der Waals surface area contributed by atoms with Crippen LogP contribution in [0.2, 0.25) is 0 Å². The number of benzene rings is 1. The lowest BCUT2D eigenvalue weighted by atomic mass is 9.91. The lowest BCUT2D eigenvalue weighted by Gasteiger charge is -2.37. The number of hydrogen-bond acceptors (Lipinski definition) is 9. The maximum Gasteiger partial charge on any atom is 0.223 e. The van der Waals surface area contributed by atoms with Crippen molar-refractivity contribution in [3.8, 4) is 0 Å². The van der Waals surface area contributed by atoms with Gasteiger partial charge in [0.2, 0.25) is 5.95 Å². The minimum atomic E-state index is 0.267. The molecule has 2 aromatic rings. The first-order valence-electron chi connectivity index (χ1n) is 13.0. The molecule has 192 valence electrons. The molecule has 0 amide bonds. The fourth-order valence-electron chi connectivity index (χ4n) is 5.32. The molecule has 5 rings (SSSR count). The first kappa shape index (κ1) is 24.5. The Kier molecular flexibility index (Phi) is 7.38. The first-order valence-corrected chi connectivity index (χ1v) is 13.0. The van der Waals surface area contributed by atoms with Crippen LogP contribution in [-0.4, -0.2) is 79.6 Å². The molecule has 9 nitrogen and oxygen atoms in total. The van der Waals surface area contributed by atoms with Crippen molar-refractivity contribution in [1.29, 1.82) is 5.41 Å². The van der Waals surface area contributed by atoms with Gasteiger partial charge in [-0.25, -0.2) is 0 Å². The Morgan fingerprint density at radius 2 is 1.97 bits per heavy atom. The lowest BCUT2D eigenvalue weighted by molar-refractivity contribution is 0.113. The molecule has 1 aromatic heterocycles. The van der Waals surface area contributed by atoms with Gasteiger partial charge in [-0.1, -0.05) is 12.1 Å². The lowest BCUT2D eigenvalue weighted by Crippen LogP contribution is -2.45. The van der Waals surface area contributed by atoms with Crippen LogP contribution in [0.25, 0.3) is 5.57 Å². The zero-order valence-electron chi connectivity index (χ0n) is 21.4. The van der Waals surface area contributed by atoms with Crippen molar-refractivity contribution in [2.24, 2.45) is 0 Å². The molecule has 0 bridgehead atoms. The normalized spacial score (nSPS) is 23.0. The second-order valence-electron chi connectivity index (χ2n) is 10.2. The maximum atomic E-state index is 7.98. The number of hydrogen-bond donors (Lipinski definition) is 3. The van der Waals surface area contributed by atoms with Gasteiger partial charge in [-0.15, -0.1) is 0 Å². The first-order chi connectivity index (χ1) is 17.5. The summed E-state index contributed by atoms with van der Waals surface area (Å²) in [6, 6.07) is 8.93. The van der Waals surface area contributed by atoms with Gasteiger partial charge >= 0.3 is 0 Å². The van der Waals surface area contributed by atoms with Crippen LogP contribution in [0.5, 0.6) is 0 Å². The fourth-order valence-corrected chi connectivity index (χ4v) is 5.32. The predicted octanol–water partition coefficient (Wildman–Crippen LogP) is 2.52. The number of nitrogens with zero attached hydrogens (tertiary/aromatic N) is 5. The van der Waals surface area contributed by atoms with E-state index in [2.05, 4.69) is 68.2 Å². The molecule has 2 fully saturated rings. The van der Waals surface area contributed by atoms with E-state index in [1.807, 2.05) is 6.20 Å². The van der Waals surface area contributed by atoms with Crippen molar-refractivity contribution < 1.29 is 4.74 Å². The largest absolute Gasteiger partial charge is 0.388 e. The number of rotatable bonds is 7. The van der Waals surface area contributed by atoms with Crippen LogP contribution >= 0.6 is 0 Å². The SMILES string of the molecule is CC1Cc2ccc(/C(C=N)=C/NCC3CCCO3)cc2CN1c1cc(N2CCN(C)CC2)nc(N)n1. The van der Waals surface area contributed by atoms with E-state index >= 15 is 0 Å². The number of nitrogen functional groups attached to an aromatic ring is 1. The summed E-state index contributed by atoms with van der Waals surface area (Å²) in [6.07, 6.45) is 6.78. The van der Waals surface area contributed by atoms with Crippen LogP contribution < -0.4 is 20.9 Å². The van der Waals surface area contributed by atoms with E-state index in [0.29, 0.717) is 12.0 Å². The molecule has 0 saturated carbocycles. The average molecular weight is 491 g/mol. The Bertz CT molecular complexity index is 1100. The zero-order valence-corrected chi connectivity index (χ0v) is 21.4. The third-order valence-corrected chi connectivity index (χ3v) is 7.55. The Hall–Kier alpha value is -3.17.